The Morgan fingerprint density at radius 1 is 1.62 bits per heavy atom. The third-order valence-electron chi connectivity index (χ3n) is 1.82. The molecule has 0 fully saturated rings. The van der Waals surface area contributed by atoms with Gasteiger partial charge in [-0.05, 0) is 18.6 Å². The number of nitrogens with two attached hydrogens (primary N) is 1. The summed E-state index contributed by atoms with van der Waals surface area (Å²) in [5, 5.41) is 10.5. The summed E-state index contributed by atoms with van der Waals surface area (Å²) in [5.74, 6) is -0.610. The summed E-state index contributed by atoms with van der Waals surface area (Å²) in [7, 11) is 0. The number of nitro groups is 1. The van der Waals surface area contributed by atoms with Crippen LogP contribution in [0.15, 0.2) is 12.1 Å². The van der Waals surface area contributed by atoms with Crippen LogP contribution in [-0.4, -0.2) is 4.92 Å². The monoisotopic (exact) mass is 184 g/mol. The molecule has 0 aromatic heterocycles. The van der Waals surface area contributed by atoms with Gasteiger partial charge < -0.3 is 5.73 Å². The summed E-state index contributed by atoms with van der Waals surface area (Å²) < 4.78 is 12.8. The molecule has 0 aliphatic rings. The average molecular weight is 184 g/mol. The number of hydrogen-bond acceptors (Lipinski definition) is 3. The normalized spacial score (nSPS) is 10.1. The minimum absolute atomic E-state index is 0.0441. The van der Waals surface area contributed by atoms with Gasteiger partial charge in [0.15, 0.2) is 0 Å². The number of halogens is 1. The van der Waals surface area contributed by atoms with Crippen LogP contribution in [0.2, 0.25) is 0 Å². The minimum Gasteiger partial charge on any atom is -0.326 e. The highest BCUT2D eigenvalue weighted by Crippen LogP contribution is 2.22. The predicted octanol–water partition coefficient (Wildman–Crippen LogP) is 1.50. The fourth-order valence-corrected chi connectivity index (χ4v) is 1.18. The molecule has 0 spiro atoms. The topological polar surface area (TPSA) is 69.2 Å². The molecule has 0 saturated carbocycles. The highest BCUT2D eigenvalue weighted by atomic mass is 19.1. The van der Waals surface area contributed by atoms with Crippen LogP contribution in [0.3, 0.4) is 0 Å². The van der Waals surface area contributed by atoms with Gasteiger partial charge in [0.2, 0.25) is 0 Å². The van der Waals surface area contributed by atoms with Crippen LogP contribution < -0.4 is 5.73 Å². The first-order chi connectivity index (χ1) is 6.06. The second-order valence-corrected chi connectivity index (χ2v) is 2.68. The Hall–Kier alpha value is -1.49. The van der Waals surface area contributed by atoms with E-state index in [0.29, 0.717) is 11.1 Å². The highest BCUT2D eigenvalue weighted by molar-refractivity contribution is 5.45. The highest BCUT2D eigenvalue weighted by Gasteiger charge is 2.16. The van der Waals surface area contributed by atoms with Crippen LogP contribution in [0.25, 0.3) is 0 Å². The molecule has 0 radical (unpaired) electrons. The maximum Gasteiger partial charge on any atom is 0.277 e. The molecule has 1 aromatic carbocycles. The average Bonchev–Trinajstić information content (AvgIpc) is 2.02. The Morgan fingerprint density at radius 2 is 2.23 bits per heavy atom. The Kier molecular flexibility index (Phi) is 2.57. The molecule has 5 heteroatoms. The Balaban J connectivity index is 3.38. The third kappa shape index (κ3) is 1.81. The van der Waals surface area contributed by atoms with E-state index in [1.54, 1.807) is 6.92 Å². The first-order valence-corrected chi connectivity index (χ1v) is 3.69. The number of nitrogens with zero attached hydrogens (tertiary/aromatic N) is 1. The lowest BCUT2D eigenvalue weighted by atomic mass is 10.1. The maximum absolute atomic E-state index is 12.8. The van der Waals surface area contributed by atoms with Crippen molar-refractivity contribution in [1.29, 1.82) is 0 Å². The van der Waals surface area contributed by atoms with Crippen molar-refractivity contribution >= 4 is 5.69 Å². The first-order valence-electron chi connectivity index (χ1n) is 3.69. The molecule has 0 atom stereocenters. The van der Waals surface area contributed by atoms with Gasteiger partial charge in [-0.25, -0.2) is 4.39 Å². The van der Waals surface area contributed by atoms with Crippen molar-refractivity contribution in [3.8, 4) is 0 Å². The molecule has 0 bridgehead atoms. The fourth-order valence-electron chi connectivity index (χ4n) is 1.18. The summed E-state index contributed by atoms with van der Waals surface area (Å²) in [4.78, 5) is 9.84. The summed E-state index contributed by atoms with van der Waals surface area (Å²) in [6, 6.07) is 2.12. The van der Waals surface area contributed by atoms with Crippen molar-refractivity contribution in [2.75, 3.05) is 0 Å². The van der Waals surface area contributed by atoms with Crippen LogP contribution in [0, 0.1) is 22.9 Å². The van der Waals surface area contributed by atoms with Gasteiger partial charge in [-0.15, -0.1) is 0 Å². The molecular formula is C8H9FN2O2. The van der Waals surface area contributed by atoms with Crippen molar-refractivity contribution in [2.24, 2.45) is 5.73 Å². The van der Waals surface area contributed by atoms with E-state index in [2.05, 4.69) is 0 Å². The standard InChI is InChI=1S/C8H9FN2O2/c1-5-2-6(9)3-8(11(12)13)7(5)4-10/h2-3H,4,10H2,1H3. The lowest BCUT2D eigenvalue weighted by Crippen LogP contribution is -2.04. The molecule has 0 unspecified atom stereocenters. The molecule has 0 aliphatic heterocycles. The lowest BCUT2D eigenvalue weighted by molar-refractivity contribution is -0.385. The first kappa shape index (κ1) is 9.60. The van der Waals surface area contributed by atoms with Gasteiger partial charge in [-0.3, -0.25) is 10.1 Å². The molecule has 13 heavy (non-hydrogen) atoms. The van der Waals surface area contributed by atoms with E-state index in [-0.39, 0.29) is 12.2 Å². The van der Waals surface area contributed by atoms with E-state index >= 15 is 0 Å². The predicted molar refractivity (Wildman–Crippen MR) is 45.7 cm³/mol. The van der Waals surface area contributed by atoms with Gasteiger partial charge in [-0.2, -0.15) is 0 Å². The van der Waals surface area contributed by atoms with Gasteiger partial charge in [0, 0.05) is 12.1 Å². The number of benzene rings is 1. The zero-order chi connectivity index (χ0) is 10.0. The van der Waals surface area contributed by atoms with Crippen molar-refractivity contribution in [3.63, 3.8) is 0 Å². The molecule has 0 amide bonds. The SMILES string of the molecule is Cc1cc(F)cc([N+](=O)[O-])c1CN. The minimum atomic E-state index is -0.627. The molecule has 0 aliphatic carbocycles. The molecule has 1 aromatic rings. The smallest absolute Gasteiger partial charge is 0.277 e. The number of hydrogen-bond donors (Lipinski definition) is 1. The molecule has 1 rings (SSSR count). The quantitative estimate of drug-likeness (QED) is 0.559. The molecular weight excluding hydrogens is 175 g/mol. The van der Waals surface area contributed by atoms with Crippen molar-refractivity contribution < 1.29 is 9.31 Å². The van der Waals surface area contributed by atoms with E-state index in [1.807, 2.05) is 0 Å². The van der Waals surface area contributed by atoms with Crippen LogP contribution in [-0.2, 0) is 6.54 Å². The van der Waals surface area contributed by atoms with Crippen LogP contribution in [0.5, 0.6) is 0 Å². The zero-order valence-electron chi connectivity index (χ0n) is 7.08. The van der Waals surface area contributed by atoms with Gasteiger partial charge in [0.05, 0.1) is 11.0 Å². The van der Waals surface area contributed by atoms with Crippen LogP contribution in [0.1, 0.15) is 11.1 Å². The van der Waals surface area contributed by atoms with Crippen LogP contribution in [0.4, 0.5) is 10.1 Å². The molecule has 2 N–H and O–H groups in total. The van der Waals surface area contributed by atoms with Crippen LogP contribution >= 0.6 is 0 Å². The summed E-state index contributed by atoms with van der Waals surface area (Å²) in [6.45, 7) is 1.64. The summed E-state index contributed by atoms with van der Waals surface area (Å²) in [6.07, 6.45) is 0. The van der Waals surface area contributed by atoms with E-state index in [9.17, 15) is 14.5 Å². The van der Waals surface area contributed by atoms with Crippen molar-refractivity contribution in [1.82, 2.24) is 0 Å². The molecule has 0 heterocycles. The Bertz CT molecular complexity index is 352. The second kappa shape index (κ2) is 3.49. The van der Waals surface area contributed by atoms with E-state index in [0.717, 1.165) is 6.07 Å². The van der Waals surface area contributed by atoms with E-state index in [4.69, 9.17) is 5.73 Å². The summed E-state index contributed by atoms with van der Waals surface area (Å²) in [5.41, 5.74) is 5.95. The summed E-state index contributed by atoms with van der Waals surface area (Å²) >= 11 is 0. The second-order valence-electron chi connectivity index (χ2n) is 2.68. The van der Waals surface area contributed by atoms with Gasteiger partial charge in [-0.1, -0.05) is 0 Å². The van der Waals surface area contributed by atoms with Crippen molar-refractivity contribution in [2.45, 2.75) is 13.5 Å². The molecule has 70 valence electrons. The van der Waals surface area contributed by atoms with E-state index in [1.165, 1.54) is 6.07 Å². The number of rotatable bonds is 2. The molecule has 4 nitrogen and oxygen atoms in total. The number of aryl methyl sites for hydroxylation is 1. The Labute approximate surface area is 74.3 Å². The zero-order valence-corrected chi connectivity index (χ0v) is 7.08. The maximum atomic E-state index is 12.8. The Morgan fingerprint density at radius 3 is 2.69 bits per heavy atom. The van der Waals surface area contributed by atoms with E-state index < -0.39 is 10.7 Å². The largest absolute Gasteiger partial charge is 0.326 e. The number of nitro benzene ring substituents is 1. The molecule has 0 saturated heterocycles. The fraction of sp³-hybridized carbons (Fsp3) is 0.250. The van der Waals surface area contributed by atoms with Gasteiger partial charge in [0.25, 0.3) is 5.69 Å². The van der Waals surface area contributed by atoms with Crippen molar-refractivity contribution in [3.05, 3.63) is 39.2 Å². The third-order valence-corrected chi connectivity index (χ3v) is 1.82. The van der Waals surface area contributed by atoms with Gasteiger partial charge >= 0.3 is 0 Å². The lowest BCUT2D eigenvalue weighted by Gasteiger charge is -2.03. The van der Waals surface area contributed by atoms with Gasteiger partial charge in [0.1, 0.15) is 5.82 Å².